The minimum absolute atomic E-state index is 0.115. The van der Waals surface area contributed by atoms with Crippen molar-refractivity contribution < 1.29 is 9.18 Å². The molecule has 2 fully saturated rings. The largest absolute Gasteiger partial charge is 0.310 e. The summed E-state index contributed by atoms with van der Waals surface area (Å²) >= 11 is 0. The van der Waals surface area contributed by atoms with Crippen LogP contribution < -0.4 is 4.90 Å². The van der Waals surface area contributed by atoms with Gasteiger partial charge in [-0.1, -0.05) is 48.9 Å². The molecule has 35 heavy (non-hydrogen) atoms. The van der Waals surface area contributed by atoms with Crippen LogP contribution in [0.15, 0.2) is 66.7 Å². The summed E-state index contributed by atoms with van der Waals surface area (Å²) in [5.41, 5.74) is 2.26. The highest BCUT2D eigenvalue weighted by molar-refractivity contribution is 5.94. The molecule has 0 atom stereocenters. The van der Waals surface area contributed by atoms with E-state index in [1.165, 1.54) is 34.9 Å². The number of amides is 1. The van der Waals surface area contributed by atoms with Crippen molar-refractivity contribution in [1.82, 2.24) is 9.80 Å². The van der Waals surface area contributed by atoms with Gasteiger partial charge in [0.15, 0.2) is 0 Å². The summed E-state index contributed by atoms with van der Waals surface area (Å²) in [4.78, 5) is 19.9. The summed E-state index contributed by atoms with van der Waals surface area (Å²) in [5.74, 6) is 0.420. The first-order valence-electron chi connectivity index (χ1n) is 13.2. The first-order valence-corrected chi connectivity index (χ1v) is 13.2. The number of nitrogens with zero attached hydrogens (tertiary/aromatic N) is 3. The summed E-state index contributed by atoms with van der Waals surface area (Å²) in [6.45, 7) is 5.97. The molecule has 0 spiro atoms. The highest BCUT2D eigenvalue weighted by Crippen LogP contribution is 2.33. The van der Waals surface area contributed by atoms with Crippen molar-refractivity contribution >= 4 is 22.4 Å². The Hall–Kier alpha value is -2.76. The van der Waals surface area contributed by atoms with Gasteiger partial charge in [0.2, 0.25) is 5.91 Å². The van der Waals surface area contributed by atoms with Crippen LogP contribution in [0.3, 0.4) is 0 Å². The fraction of sp³-hybridized carbons (Fsp3) is 0.433. The van der Waals surface area contributed by atoms with Crippen molar-refractivity contribution in [2.45, 2.75) is 38.0 Å². The van der Waals surface area contributed by atoms with Gasteiger partial charge in [0, 0.05) is 18.8 Å². The van der Waals surface area contributed by atoms with E-state index in [2.05, 4.69) is 52.3 Å². The van der Waals surface area contributed by atoms with Crippen LogP contribution in [0.1, 0.15) is 43.6 Å². The van der Waals surface area contributed by atoms with Crippen molar-refractivity contribution in [2.24, 2.45) is 0 Å². The van der Waals surface area contributed by atoms with Gasteiger partial charge in [0.05, 0.1) is 6.54 Å². The van der Waals surface area contributed by atoms with Gasteiger partial charge in [0.25, 0.3) is 0 Å². The van der Waals surface area contributed by atoms with Crippen LogP contribution in [-0.2, 0) is 4.79 Å². The van der Waals surface area contributed by atoms with E-state index < -0.39 is 0 Å². The molecule has 0 saturated carbocycles. The monoisotopic (exact) mass is 473 g/mol. The number of hydrogen-bond donors (Lipinski definition) is 0. The van der Waals surface area contributed by atoms with Gasteiger partial charge in [-0.2, -0.15) is 0 Å². The van der Waals surface area contributed by atoms with E-state index in [-0.39, 0.29) is 11.7 Å². The van der Waals surface area contributed by atoms with Crippen LogP contribution in [0.2, 0.25) is 0 Å². The van der Waals surface area contributed by atoms with E-state index in [1.807, 2.05) is 4.90 Å². The molecule has 2 aliphatic heterocycles. The summed E-state index contributed by atoms with van der Waals surface area (Å²) < 4.78 is 13.6. The predicted molar refractivity (Wildman–Crippen MR) is 141 cm³/mol. The van der Waals surface area contributed by atoms with Gasteiger partial charge in [-0.25, -0.2) is 4.39 Å². The number of hydrogen-bond acceptors (Lipinski definition) is 3. The Kier molecular flexibility index (Phi) is 7.75. The molecular weight excluding hydrogens is 437 g/mol. The van der Waals surface area contributed by atoms with Crippen LogP contribution in [0.4, 0.5) is 10.1 Å². The Morgan fingerprint density at radius 3 is 2.31 bits per heavy atom. The highest BCUT2D eigenvalue weighted by Gasteiger charge is 2.24. The number of carbonyl (C=O) groups is 1. The second-order valence-corrected chi connectivity index (χ2v) is 10.0. The Bertz CT molecular complexity index is 1110. The Morgan fingerprint density at radius 1 is 0.829 bits per heavy atom. The molecule has 1 amide bonds. The molecule has 0 unspecified atom stereocenters. The molecule has 3 aromatic rings. The molecule has 3 aromatic carbocycles. The molecule has 0 aromatic heterocycles. The van der Waals surface area contributed by atoms with Crippen LogP contribution in [-0.4, -0.2) is 61.5 Å². The number of piperidine rings is 2. The van der Waals surface area contributed by atoms with E-state index in [4.69, 9.17) is 0 Å². The molecule has 0 aliphatic carbocycles. The van der Waals surface area contributed by atoms with Crippen LogP contribution in [0.5, 0.6) is 0 Å². The Morgan fingerprint density at radius 2 is 1.54 bits per heavy atom. The smallest absolute Gasteiger partial charge is 0.241 e. The molecule has 0 bridgehead atoms. The van der Waals surface area contributed by atoms with Gasteiger partial charge < -0.3 is 9.80 Å². The summed E-state index contributed by atoms with van der Waals surface area (Å²) in [6, 6.07) is 21.7. The average molecular weight is 474 g/mol. The molecule has 5 heteroatoms. The summed E-state index contributed by atoms with van der Waals surface area (Å²) in [6.07, 6.45) is 5.84. The van der Waals surface area contributed by atoms with Crippen molar-refractivity contribution in [1.29, 1.82) is 0 Å². The zero-order chi connectivity index (χ0) is 24.0. The lowest BCUT2D eigenvalue weighted by Crippen LogP contribution is -2.46. The lowest BCUT2D eigenvalue weighted by atomic mass is 9.86. The van der Waals surface area contributed by atoms with E-state index in [0.717, 1.165) is 64.1 Å². The second kappa shape index (κ2) is 11.3. The molecule has 2 heterocycles. The fourth-order valence-electron chi connectivity index (χ4n) is 5.73. The number of anilines is 1. The summed E-state index contributed by atoms with van der Waals surface area (Å²) in [7, 11) is 0. The molecular formula is C30H36FN3O. The number of rotatable bonds is 7. The molecule has 184 valence electrons. The maximum absolute atomic E-state index is 13.6. The number of benzene rings is 3. The molecule has 4 nitrogen and oxygen atoms in total. The molecule has 0 N–H and O–H groups in total. The molecule has 2 aliphatic rings. The third-order valence-corrected chi connectivity index (χ3v) is 7.74. The lowest BCUT2D eigenvalue weighted by Gasteiger charge is -2.35. The number of likely N-dealkylation sites (tertiary alicyclic amines) is 2. The Balaban J connectivity index is 1.21. The van der Waals surface area contributed by atoms with Crippen LogP contribution in [0, 0.1) is 5.82 Å². The topological polar surface area (TPSA) is 26.8 Å². The molecule has 0 radical (unpaired) electrons. The minimum Gasteiger partial charge on any atom is -0.310 e. The van der Waals surface area contributed by atoms with Crippen molar-refractivity contribution in [3.8, 4) is 0 Å². The normalized spacial score (nSPS) is 18.1. The van der Waals surface area contributed by atoms with Crippen molar-refractivity contribution in [2.75, 3.05) is 50.7 Å². The third kappa shape index (κ3) is 5.91. The van der Waals surface area contributed by atoms with Gasteiger partial charge in [-0.05, 0) is 98.4 Å². The number of carbonyl (C=O) groups excluding carboxylic acids is 1. The minimum atomic E-state index is -0.271. The zero-order valence-corrected chi connectivity index (χ0v) is 20.5. The first-order chi connectivity index (χ1) is 17.2. The zero-order valence-electron chi connectivity index (χ0n) is 20.5. The SMILES string of the molecule is O=C(CN1CCCCC1)N(CCN1CCC(c2cccc3ccccc23)CC1)c1ccc(F)cc1. The molecule has 5 rings (SSSR count). The maximum Gasteiger partial charge on any atom is 0.241 e. The molecule has 2 saturated heterocycles. The van der Waals surface area contributed by atoms with Gasteiger partial charge in [-0.15, -0.1) is 0 Å². The number of fused-ring (bicyclic) bond motifs is 1. The van der Waals surface area contributed by atoms with E-state index in [9.17, 15) is 9.18 Å². The second-order valence-electron chi connectivity index (χ2n) is 10.0. The average Bonchev–Trinajstić information content (AvgIpc) is 2.90. The quantitative estimate of drug-likeness (QED) is 0.442. The van der Waals surface area contributed by atoms with E-state index >= 15 is 0 Å². The Labute approximate surface area is 208 Å². The fourth-order valence-corrected chi connectivity index (χ4v) is 5.73. The van der Waals surface area contributed by atoms with Gasteiger partial charge >= 0.3 is 0 Å². The van der Waals surface area contributed by atoms with Crippen LogP contribution in [0.25, 0.3) is 10.8 Å². The third-order valence-electron chi connectivity index (χ3n) is 7.74. The van der Waals surface area contributed by atoms with E-state index in [1.54, 1.807) is 12.1 Å². The van der Waals surface area contributed by atoms with Crippen molar-refractivity contribution in [3.05, 3.63) is 78.1 Å². The number of halogens is 1. The standard InChI is InChI=1S/C30H36FN3O/c31-26-11-13-27(14-12-26)34(30(35)23-33-17-4-1-5-18-33)22-21-32-19-15-25(16-20-32)29-10-6-8-24-7-2-3-9-28(24)29/h2-3,6-14,25H,1,4-5,15-23H2. The van der Waals surface area contributed by atoms with Gasteiger partial charge in [-0.3, -0.25) is 9.69 Å². The predicted octanol–water partition coefficient (Wildman–Crippen LogP) is 5.68. The first kappa shape index (κ1) is 24.0. The van der Waals surface area contributed by atoms with Crippen LogP contribution >= 0.6 is 0 Å². The summed E-state index contributed by atoms with van der Waals surface area (Å²) in [5, 5.41) is 2.69. The van der Waals surface area contributed by atoms with Gasteiger partial charge in [0.1, 0.15) is 5.82 Å². The van der Waals surface area contributed by atoms with E-state index in [0.29, 0.717) is 19.0 Å². The van der Waals surface area contributed by atoms with Crippen molar-refractivity contribution in [3.63, 3.8) is 0 Å². The highest BCUT2D eigenvalue weighted by atomic mass is 19.1. The maximum atomic E-state index is 13.6. The lowest BCUT2D eigenvalue weighted by molar-refractivity contribution is -0.120.